The molecule has 0 radical (unpaired) electrons. The lowest BCUT2D eigenvalue weighted by molar-refractivity contribution is -0.273. The third-order valence-electron chi connectivity index (χ3n) is 11.7. The Bertz CT molecular complexity index is 1540. The summed E-state index contributed by atoms with van der Waals surface area (Å²) in [7, 11) is 0. The Labute approximate surface area is 256 Å². The van der Waals surface area contributed by atoms with Crippen LogP contribution in [0.1, 0.15) is 64.6 Å². The van der Waals surface area contributed by atoms with Gasteiger partial charge in [0.15, 0.2) is 17.7 Å². The van der Waals surface area contributed by atoms with Crippen molar-refractivity contribution in [3.05, 3.63) is 47.2 Å². The molecule has 1 spiro atoms. The molecular formula is C33H42N2O7S. The number of ether oxygens (including phenoxy) is 3. The maximum atomic E-state index is 13.5. The number of aromatic amines is 1. The number of hydrogen-bond acceptors (Lipinski definition) is 8. The average Bonchev–Trinajstić information content (AvgIpc) is 3.55. The molecule has 10 heteroatoms. The van der Waals surface area contributed by atoms with E-state index in [1.165, 1.54) is 17.0 Å². The number of benzene rings is 1. The summed E-state index contributed by atoms with van der Waals surface area (Å²) >= 11 is 1.63. The molecular weight excluding hydrogens is 568 g/mol. The third kappa shape index (κ3) is 3.73. The fraction of sp³-hybridized carbons (Fsp3) is 0.636. The van der Waals surface area contributed by atoms with E-state index >= 15 is 0 Å². The number of nitrogens with one attached hydrogen (secondary N) is 2. The molecule has 9 nitrogen and oxygen atoms in total. The molecule has 43 heavy (non-hydrogen) atoms. The van der Waals surface area contributed by atoms with Gasteiger partial charge in [-0.05, 0) is 75.2 Å². The van der Waals surface area contributed by atoms with Gasteiger partial charge in [-0.25, -0.2) is 4.79 Å². The monoisotopic (exact) mass is 610 g/mol. The Kier molecular flexibility index (Phi) is 6.53. The van der Waals surface area contributed by atoms with E-state index in [0.717, 1.165) is 23.4 Å². The van der Waals surface area contributed by atoms with E-state index in [9.17, 15) is 19.8 Å². The van der Waals surface area contributed by atoms with E-state index < -0.39 is 52.2 Å². The van der Waals surface area contributed by atoms with Gasteiger partial charge in [0.25, 0.3) is 0 Å². The molecule has 1 saturated heterocycles. The molecule has 0 unspecified atom stereocenters. The highest BCUT2D eigenvalue weighted by molar-refractivity contribution is 7.98. The quantitative estimate of drug-likeness (QED) is 0.384. The summed E-state index contributed by atoms with van der Waals surface area (Å²) in [5.41, 5.74) is -0.303. The standard InChI is InChI=1S/C33H42N2O7S/c1-29(2)27-23(37)16-24-32(41-27,42-29)12-11-30(3)31(4)18(14-21-20-8-6-7-9-22(20)35-26(21)31)15-25(33(24,30)39)40-28(38)34-19(17-36)10-13-43-5/h6-9,16,18-19,25,27,35-36,39H,10-15,17H2,1-5H3,(H,34,38)/t18-,19-,25+,27-,30-,31-,32+,33+/m1/s1. The van der Waals surface area contributed by atoms with Crippen LogP contribution < -0.4 is 5.32 Å². The van der Waals surface area contributed by atoms with Crippen molar-refractivity contribution in [2.45, 2.75) is 100 Å². The largest absolute Gasteiger partial charge is 0.443 e. The van der Waals surface area contributed by atoms with Gasteiger partial charge in [0, 0.05) is 39.4 Å². The van der Waals surface area contributed by atoms with Gasteiger partial charge in [-0.15, -0.1) is 0 Å². The van der Waals surface area contributed by atoms with Crippen LogP contribution in [0.4, 0.5) is 4.79 Å². The molecule has 2 saturated carbocycles. The fourth-order valence-electron chi connectivity index (χ4n) is 9.33. The number of amides is 1. The zero-order chi connectivity index (χ0) is 30.6. The molecule has 1 amide bonds. The molecule has 3 heterocycles. The number of alkyl carbamates (subject to hydrolysis) is 1. The van der Waals surface area contributed by atoms with Gasteiger partial charge in [-0.2, -0.15) is 11.8 Å². The number of rotatable bonds is 6. The predicted molar refractivity (Wildman–Crippen MR) is 163 cm³/mol. The Hall–Kier alpha value is -2.37. The molecule has 232 valence electrons. The van der Waals surface area contributed by atoms with Crippen LogP contribution >= 0.6 is 11.8 Å². The number of hydrogen-bond donors (Lipinski definition) is 4. The number of aliphatic hydroxyl groups excluding tert-OH is 1. The van der Waals surface area contributed by atoms with Crippen LogP contribution in [0.5, 0.6) is 0 Å². The third-order valence-corrected chi connectivity index (χ3v) is 12.3. The van der Waals surface area contributed by atoms with Crippen LogP contribution in [-0.2, 0) is 30.8 Å². The van der Waals surface area contributed by atoms with Gasteiger partial charge < -0.3 is 34.7 Å². The molecule has 7 rings (SSSR count). The minimum Gasteiger partial charge on any atom is -0.443 e. The first kappa shape index (κ1) is 29.3. The van der Waals surface area contributed by atoms with Gasteiger partial charge in [-0.1, -0.05) is 32.0 Å². The van der Waals surface area contributed by atoms with Gasteiger partial charge in [0.05, 0.1) is 12.6 Å². The number of fused-ring (bicyclic) bond motifs is 9. The number of aliphatic hydroxyl groups is 2. The maximum absolute atomic E-state index is 13.5. The highest BCUT2D eigenvalue weighted by atomic mass is 32.2. The summed E-state index contributed by atoms with van der Waals surface area (Å²) in [4.78, 5) is 30.7. The first-order valence-electron chi connectivity index (χ1n) is 15.4. The van der Waals surface area contributed by atoms with E-state index in [1.54, 1.807) is 11.8 Å². The number of thioether (sulfide) groups is 1. The second kappa shape index (κ2) is 9.57. The number of H-pyrrole nitrogens is 1. The second-order valence-corrected chi connectivity index (χ2v) is 15.1. The summed E-state index contributed by atoms with van der Waals surface area (Å²) in [6.07, 6.45) is 3.78. The minimum absolute atomic E-state index is 0.0649. The zero-order valence-corrected chi connectivity index (χ0v) is 26.3. The van der Waals surface area contributed by atoms with Gasteiger partial charge >= 0.3 is 6.09 Å². The molecule has 5 aliphatic rings. The second-order valence-electron chi connectivity index (χ2n) is 14.1. The summed E-state index contributed by atoms with van der Waals surface area (Å²) in [6.45, 7) is 7.77. The topological polar surface area (TPSA) is 130 Å². The van der Waals surface area contributed by atoms with Crippen molar-refractivity contribution in [1.29, 1.82) is 0 Å². The molecule has 4 N–H and O–H groups in total. The first-order valence-corrected chi connectivity index (χ1v) is 16.8. The van der Waals surface area contributed by atoms with Crippen molar-refractivity contribution in [1.82, 2.24) is 10.3 Å². The Balaban J connectivity index is 1.35. The van der Waals surface area contributed by atoms with Crippen molar-refractivity contribution in [3.63, 3.8) is 0 Å². The lowest BCUT2D eigenvalue weighted by Crippen LogP contribution is -2.75. The molecule has 3 aliphatic carbocycles. The van der Waals surface area contributed by atoms with Crippen LogP contribution in [0, 0.1) is 11.3 Å². The van der Waals surface area contributed by atoms with Crippen molar-refractivity contribution in [2.24, 2.45) is 11.3 Å². The zero-order valence-electron chi connectivity index (χ0n) is 25.5. The van der Waals surface area contributed by atoms with E-state index in [-0.39, 0.29) is 18.3 Å². The van der Waals surface area contributed by atoms with E-state index in [1.807, 2.05) is 32.2 Å². The van der Waals surface area contributed by atoms with E-state index in [2.05, 4.69) is 36.3 Å². The number of ketones is 1. The van der Waals surface area contributed by atoms with Crippen LogP contribution in [0.2, 0.25) is 0 Å². The number of para-hydroxylation sites is 1. The minimum atomic E-state index is -1.78. The highest BCUT2D eigenvalue weighted by Gasteiger charge is 2.78. The average molecular weight is 611 g/mol. The molecule has 1 aromatic carbocycles. The molecule has 2 bridgehead atoms. The Morgan fingerprint density at radius 3 is 2.74 bits per heavy atom. The van der Waals surface area contributed by atoms with E-state index in [4.69, 9.17) is 14.2 Å². The van der Waals surface area contributed by atoms with Crippen LogP contribution in [0.15, 0.2) is 35.9 Å². The van der Waals surface area contributed by atoms with Crippen LogP contribution in [-0.4, -0.2) is 80.9 Å². The van der Waals surface area contributed by atoms with Crippen LogP contribution in [0.3, 0.4) is 0 Å². The predicted octanol–water partition coefficient (Wildman–Crippen LogP) is 4.14. The summed E-state index contributed by atoms with van der Waals surface area (Å²) < 4.78 is 19.2. The van der Waals surface area contributed by atoms with Crippen molar-refractivity contribution < 1.29 is 34.0 Å². The molecule has 2 aliphatic heterocycles. The Morgan fingerprint density at radius 2 is 2.00 bits per heavy atom. The van der Waals surface area contributed by atoms with Gasteiger partial charge in [-0.3, -0.25) is 4.79 Å². The normalized spacial score (nSPS) is 39.4. The van der Waals surface area contributed by atoms with Gasteiger partial charge in [0.1, 0.15) is 17.3 Å². The van der Waals surface area contributed by atoms with Crippen molar-refractivity contribution >= 4 is 34.5 Å². The molecule has 3 fully saturated rings. The first-order chi connectivity index (χ1) is 20.3. The van der Waals surface area contributed by atoms with Crippen LogP contribution in [0.25, 0.3) is 10.9 Å². The maximum Gasteiger partial charge on any atom is 0.407 e. The highest BCUT2D eigenvalue weighted by Crippen LogP contribution is 2.72. The molecule has 8 atom stereocenters. The smallest absolute Gasteiger partial charge is 0.407 e. The lowest BCUT2D eigenvalue weighted by Gasteiger charge is -2.67. The number of carbonyl (C=O) groups is 2. The number of aromatic nitrogens is 1. The lowest BCUT2D eigenvalue weighted by atomic mass is 9.41. The summed E-state index contributed by atoms with van der Waals surface area (Å²) in [5.74, 6) is -0.705. The fourth-order valence-corrected chi connectivity index (χ4v) is 9.85. The Morgan fingerprint density at radius 1 is 1.23 bits per heavy atom. The van der Waals surface area contributed by atoms with Gasteiger partial charge in [0.2, 0.25) is 0 Å². The van der Waals surface area contributed by atoms with E-state index in [0.29, 0.717) is 31.3 Å². The van der Waals surface area contributed by atoms with Crippen molar-refractivity contribution in [2.75, 3.05) is 18.6 Å². The molecule has 2 aromatic rings. The SMILES string of the molecule is CSCC[C@H](CO)NC(=O)O[C@H]1C[C@H]2Cc3c([nH]c4ccccc34)[C@]2(C)[C@@]2(C)CC[C@@]34O[C@H](C(=O)C=C3[C@]12O)C(C)(C)O4. The van der Waals surface area contributed by atoms with Crippen molar-refractivity contribution in [3.8, 4) is 0 Å². The summed E-state index contributed by atoms with van der Waals surface area (Å²) in [6, 6.07) is 7.80. The molecule has 1 aromatic heterocycles. The summed E-state index contributed by atoms with van der Waals surface area (Å²) in [5, 5.41) is 27.2. The number of carbonyl (C=O) groups excluding carboxylic acids is 2.